The van der Waals surface area contributed by atoms with Crippen molar-refractivity contribution in [1.82, 2.24) is 0 Å². The Kier molecular flexibility index (Phi) is 5.74. The highest BCUT2D eigenvalue weighted by molar-refractivity contribution is 5.12. The van der Waals surface area contributed by atoms with Gasteiger partial charge in [0.2, 0.25) is 0 Å². The predicted octanol–water partition coefficient (Wildman–Crippen LogP) is 6.16. The van der Waals surface area contributed by atoms with Crippen molar-refractivity contribution < 1.29 is 0 Å². The van der Waals surface area contributed by atoms with Crippen molar-refractivity contribution in [2.75, 3.05) is 0 Å². The van der Waals surface area contributed by atoms with Crippen LogP contribution in [0.3, 0.4) is 0 Å². The molecule has 6 atom stereocenters. The fraction of sp³-hybridized carbons (Fsp3) is 1.00. The van der Waals surface area contributed by atoms with Crippen molar-refractivity contribution in [3.05, 3.63) is 0 Å². The molecule has 6 unspecified atom stereocenters. The van der Waals surface area contributed by atoms with Gasteiger partial charge in [0.05, 0.1) is 0 Å². The molecule has 0 aliphatic heterocycles. The van der Waals surface area contributed by atoms with Crippen LogP contribution in [-0.4, -0.2) is 0 Å². The summed E-state index contributed by atoms with van der Waals surface area (Å²) >= 11 is 0. The Labute approximate surface area is 116 Å². The third-order valence-corrected chi connectivity index (χ3v) is 6.31. The molecule has 1 fully saturated rings. The largest absolute Gasteiger partial charge is 0.0654 e. The lowest BCUT2D eigenvalue weighted by molar-refractivity contribution is 0.177. The molecule has 0 amide bonds. The van der Waals surface area contributed by atoms with Crippen molar-refractivity contribution in [2.45, 2.75) is 80.6 Å². The molecular formula is C18H36. The maximum Gasteiger partial charge on any atom is -0.0210 e. The van der Waals surface area contributed by atoms with Gasteiger partial charge in [-0.1, -0.05) is 74.1 Å². The molecule has 0 aromatic carbocycles. The van der Waals surface area contributed by atoms with Gasteiger partial charge in [-0.25, -0.2) is 0 Å². The minimum atomic E-state index is 0.670. The Morgan fingerprint density at radius 2 is 1.50 bits per heavy atom. The molecule has 0 heteroatoms. The van der Waals surface area contributed by atoms with Gasteiger partial charge in [-0.05, 0) is 41.4 Å². The average molecular weight is 252 g/mol. The van der Waals surface area contributed by atoms with Gasteiger partial charge in [-0.2, -0.15) is 0 Å². The minimum Gasteiger partial charge on any atom is -0.0654 e. The molecule has 1 aliphatic rings. The highest BCUT2D eigenvalue weighted by atomic mass is 14.7. The lowest BCUT2D eigenvalue weighted by Gasteiger charge is -2.31. The monoisotopic (exact) mass is 252 g/mol. The first-order chi connectivity index (χ1) is 8.47. The smallest absolute Gasteiger partial charge is 0.0210 e. The van der Waals surface area contributed by atoms with E-state index in [2.05, 4.69) is 48.5 Å². The topological polar surface area (TPSA) is 0 Å². The third kappa shape index (κ3) is 2.63. The third-order valence-electron chi connectivity index (χ3n) is 6.31. The summed E-state index contributed by atoms with van der Waals surface area (Å²) in [5.74, 6) is 4.69. The molecule has 108 valence electrons. The maximum absolute atomic E-state index is 2.54. The van der Waals surface area contributed by atoms with Crippen LogP contribution in [0.5, 0.6) is 0 Å². The van der Waals surface area contributed by atoms with Crippen LogP contribution in [0.25, 0.3) is 0 Å². The van der Waals surface area contributed by atoms with Crippen LogP contribution in [0.2, 0.25) is 0 Å². The molecule has 1 rings (SSSR count). The highest BCUT2D eigenvalue weighted by Gasteiger charge is 2.64. The van der Waals surface area contributed by atoms with Crippen molar-refractivity contribution in [2.24, 2.45) is 35.0 Å². The second-order valence-corrected chi connectivity index (χ2v) is 7.10. The maximum atomic E-state index is 2.54. The van der Waals surface area contributed by atoms with Gasteiger partial charge >= 0.3 is 0 Å². The molecule has 1 saturated carbocycles. The summed E-state index contributed by atoms with van der Waals surface area (Å²) in [6.07, 6.45) is 6.91. The van der Waals surface area contributed by atoms with Crippen LogP contribution in [0.4, 0.5) is 0 Å². The summed E-state index contributed by atoms with van der Waals surface area (Å²) < 4.78 is 0. The zero-order valence-electron chi connectivity index (χ0n) is 13.9. The molecule has 0 aromatic heterocycles. The highest BCUT2D eigenvalue weighted by Crippen LogP contribution is 2.69. The molecule has 0 bridgehead atoms. The lowest BCUT2D eigenvalue weighted by Crippen LogP contribution is -2.24. The fourth-order valence-corrected chi connectivity index (χ4v) is 5.18. The first kappa shape index (κ1) is 16.1. The molecule has 0 nitrogen and oxygen atoms in total. The van der Waals surface area contributed by atoms with Crippen molar-refractivity contribution in [1.29, 1.82) is 0 Å². The summed E-state index contributed by atoms with van der Waals surface area (Å²) in [5, 5.41) is 0. The molecule has 0 saturated heterocycles. The Morgan fingerprint density at radius 1 is 0.944 bits per heavy atom. The molecule has 0 aromatic rings. The van der Waals surface area contributed by atoms with E-state index in [1.165, 1.54) is 32.1 Å². The van der Waals surface area contributed by atoms with Gasteiger partial charge in [-0.15, -0.1) is 0 Å². The van der Waals surface area contributed by atoms with E-state index in [1.54, 1.807) is 0 Å². The van der Waals surface area contributed by atoms with Gasteiger partial charge in [0.15, 0.2) is 0 Å². The van der Waals surface area contributed by atoms with Crippen LogP contribution in [-0.2, 0) is 0 Å². The molecule has 0 N–H and O–H groups in total. The Morgan fingerprint density at radius 3 is 1.94 bits per heavy atom. The van der Waals surface area contributed by atoms with Gasteiger partial charge in [-0.3, -0.25) is 0 Å². The minimum absolute atomic E-state index is 0.670. The lowest BCUT2D eigenvalue weighted by atomic mass is 9.74. The second kappa shape index (κ2) is 6.44. The summed E-state index contributed by atoms with van der Waals surface area (Å²) in [7, 11) is 0. The zero-order chi connectivity index (χ0) is 13.9. The quantitative estimate of drug-likeness (QED) is 0.485. The number of hydrogen-bond acceptors (Lipinski definition) is 0. The van der Waals surface area contributed by atoms with Gasteiger partial charge in [0.25, 0.3) is 0 Å². The number of rotatable bonds is 8. The standard InChI is InChI=1S/C18H36/c1-8-11-13(4)15(6)18(10-3)16(7)17(18)14(5)12-9-2/h13-17H,8-12H2,1-7H3. The van der Waals surface area contributed by atoms with Crippen LogP contribution in [0.1, 0.15) is 80.6 Å². The summed E-state index contributed by atoms with van der Waals surface area (Å²) in [5.41, 5.74) is 0.670. The van der Waals surface area contributed by atoms with E-state index >= 15 is 0 Å². The van der Waals surface area contributed by atoms with Crippen molar-refractivity contribution >= 4 is 0 Å². The van der Waals surface area contributed by atoms with Crippen LogP contribution < -0.4 is 0 Å². The van der Waals surface area contributed by atoms with E-state index in [1.807, 2.05) is 0 Å². The SMILES string of the molecule is CCCC(C)C(C)C1(CC)C(C)C1C(C)CCC. The van der Waals surface area contributed by atoms with E-state index in [0.717, 1.165) is 29.6 Å². The van der Waals surface area contributed by atoms with Crippen LogP contribution in [0.15, 0.2) is 0 Å². The molecule has 0 heterocycles. The van der Waals surface area contributed by atoms with E-state index in [9.17, 15) is 0 Å². The van der Waals surface area contributed by atoms with Crippen LogP contribution >= 0.6 is 0 Å². The Hall–Kier alpha value is 0. The van der Waals surface area contributed by atoms with Gasteiger partial charge in [0, 0.05) is 0 Å². The summed E-state index contributed by atoms with van der Waals surface area (Å²) in [4.78, 5) is 0. The van der Waals surface area contributed by atoms with Gasteiger partial charge in [0.1, 0.15) is 0 Å². The summed E-state index contributed by atoms with van der Waals surface area (Å²) in [6.45, 7) is 17.1. The van der Waals surface area contributed by atoms with Crippen molar-refractivity contribution in [3.63, 3.8) is 0 Å². The van der Waals surface area contributed by atoms with E-state index in [-0.39, 0.29) is 0 Å². The van der Waals surface area contributed by atoms with Gasteiger partial charge < -0.3 is 0 Å². The fourth-order valence-electron chi connectivity index (χ4n) is 5.18. The molecule has 0 spiro atoms. The summed E-state index contributed by atoms with van der Waals surface area (Å²) in [6, 6.07) is 0. The van der Waals surface area contributed by atoms with E-state index < -0.39 is 0 Å². The Balaban J connectivity index is 2.75. The average Bonchev–Trinajstić information content (AvgIpc) is 2.95. The first-order valence-corrected chi connectivity index (χ1v) is 8.47. The second-order valence-electron chi connectivity index (χ2n) is 7.10. The molecule has 1 aliphatic carbocycles. The first-order valence-electron chi connectivity index (χ1n) is 8.47. The van der Waals surface area contributed by atoms with E-state index in [0.29, 0.717) is 5.41 Å². The normalized spacial score (nSPS) is 36.2. The van der Waals surface area contributed by atoms with Crippen LogP contribution in [0, 0.1) is 35.0 Å². The zero-order valence-corrected chi connectivity index (χ0v) is 13.9. The number of hydrogen-bond donors (Lipinski definition) is 0. The molecular weight excluding hydrogens is 216 g/mol. The van der Waals surface area contributed by atoms with Crippen molar-refractivity contribution in [3.8, 4) is 0 Å². The molecule has 18 heavy (non-hydrogen) atoms. The predicted molar refractivity (Wildman–Crippen MR) is 82.7 cm³/mol. The van der Waals surface area contributed by atoms with E-state index in [4.69, 9.17) is 0 Å². The molecule has 0 radical (unpaired) electrons. The Bertz CT molecular complexity index is 228.